The number of nitrogens with one attached hydrogen (secondary N) is 1. The van der Waals surface area contributed by atoms with Crippen LogP contribution in [0, 0.1) is 0 Å². The molecule has 0 bridgehead atoms. The van der Waals surface area contributed by atoms with Crippen molar-refractivity contribution in [3.63, 3.8) is 0 Å². The molecule has 5 heteroatoms. The van der Waals surface area contributed by atoms with Gasteiger partial charge in [-0.3, -0.25) is 5.32 Å². The Bertz CT molecular complexity index is 717. The maximum Gasteiger partial charge on any atom is 0.358 e. The molecule has 1 saturated heterocycles. The Morgan fingerprint density at radius 3 is 2.58 bits per heavy atom. The lowest BCUT2D eigenvalue weighted by Crippen LogP contribution is -2.47. The third-order valence-corrected chi connectivity index (χ3v) is 4.56. The van der Waals surface area contributed by atoms with E-state index in [0.29, 0.717) is 18.8 Å². The molecule has 1 fully saturated rings. The summed E-state index contributed by atoms with van der Waals surface area (Å²) < 4.78 is 16.8. The Balaban J connectivity index is 1.88. The third-order valence-electron chi connectivity index (χ3n) is 4.56. The van der Waals surface area contributed by atoms with Crippen LogP contribution in [0.2, 0.25) is 0 Å². The van der Waals surface area contributed by atoms with E-state index in [4.69, 9.17) is 14.2 Å². The van der Waals surface area contributed by atoms with Gasteiger partial charge in [-0.2, -0.15) is 0 Å². The van der Waals surface area contributed by atoms with Gasteiger partial charge in [0, 0.05) is 5.56 Å². The second-order valence-corrected chi connectivity index (χ2v) is 6.32. The van der Waals surface area contributed by atoms with Crippen molar-refractivity contribution < 1.29 is 19.0 Å². The van der Waals surface area contributed by atoms with E-state index in [1.807, 2.05) is 54.6 Å². The lowest BCUT2D eigenvalue weighted by molar-refractivity contribution is -0.171. The maximum atomic E-state index is 12.9. The number of esters is 1. The van der Waals surface area contributed by atoms with Crippen LogP contribution in [-0.4, -0.2) is 26.3 Å². The molecule has 0 spiro atoms. The second-order valence-electron chi connectivity index (χ2n) is 6.32. The smallest absolute Gasteiger partial charge is 0.358 e. The molecule has 2 aromatic carbocycles. The van der Waals surface area contributed by atoms with Crippen molar-refractivity contribution in [1.29, 1.82) is 0 Å². The van der Waals surface area contributed by atoms with Crippen molar-refractivity contribution in [1.82, 2.24) is 5.32 Å². The quantitative estimate of drug-likeness (QED) is 0.608. The lowest BCUT2D eigenvalue weighted by atomic mass is 10.0. The molecular weight excluding hydrogens is 330 g/mol. The van der Waals surface area contributed by atoms with E-state index in [1.54, 1.807) is 7.11 Å². The van der Waals surface area contributed by atoms with E-state index in [1.165, 1.54) is 0 Å². The average molecular weight is 355 g/mol. The molecule has 138 valence electrons. The van der Waals surface area contributed by atoms with Gasteiger partial charge in [0.1, 0.15) is 5.75 Å². The van der Waals surface area contributed by atoms with E-state index in [-0.39, 0.29) is 6.04 Å². The summed E-state index contributed by atoms with van der Waals surface area (Å²) in [5, 5.41) is 3.36. The molecule has 0 aromatic heterocycles. The van der Waals surface area contributed by atoms with Gasteiger partial charge in [0.05, 0.1) is 26.4 Å². The van der Waals surface area contributed by atoms with Crippen LogP contribution in [0.1, 0.15) is 36.9 Å². The summed E-state index contributed by atoms with van der Waals surface area (Å²) in [6.07, 6.45) is 1.79. The van der Waals surface area contributed by atoms with Crippen molar-refractivity contribution in [3.8, 4) is 5.75 Å². The molecule has 1 aliphatic rings. The molecule has 26 heavy (non-hydrogen) atoms. The van der Waals surface area contributed by atoms with Gasteiger partial charge >= 0.3 is 5.97 Å². The Hall–Kier alpha value is -2.37. The number of unbranched alkanes of at least 4 members (excludes halogenated alkanes) is 1. The van der Waals surface area contributed by atoms with Crippen LogP contribution in [0.5, 0.6) is 5.75 Å². The first-order valence-corrected chi connectivity index (χ1v) is 8.98. The SMILES string of the molecule is CCCCOC(=O)C1(c2ccc(OC)cc2)NC(c2ccccc2)CO1. The van der Waals surface area contributed by atoms with Crippen LogP contribution in [0.15, 0.2) is 54.6 Å². The summed E-state index contributed by atoms with van der Waals surface area (Å²) in [5.41, 5.74) is 0.475. The standard InChI is InChI=1S/C21H25NO4/c1-3-4-14-25-20(23)21(17-10-12-18(24-2)13-11-17)22-19(15-26-21)16-8-6-5-7-9-16/h5-13,19,22H,3-4,14-15H2,1-2H3. The topological polar surface area (TPSA) is 56.8 Å². The van der Waals surface area contributed by atoms with E-state index < -0.39 is 11.7 Å². The molecule has 0 saturated carbocycles. The Morgan fingerprint density at radius 2 is 1.92 bits per heavy atom. The highest BCUT2D eigenvalue weighted by atomic mass is 16.6. The first-order chi connectivity index (χ1) is 12.7. The van der Waals surface area contributed by atoms with Crippen LogP contribution in [0.3, 0.4) is 0 Å². The van der Waals surface area contributed by atoms with Crippen molar-refractivity contribution >= 4 is 5.97 Å². The van der Waals surface area contributed by atoms with E-state index in [9.17, 15) is 4.79 Å². The zero-order chi connectivity index (χ0) is 18.4. The van der Waals surface area contributed by atoms with Gasteiger partial charge < -0.3 is 14.2 Å². The van der Waals surface area contributed by atoms with Gasteiger partial charge in [-0.15, -0.1) is 0 Å². The normalized spacial score (nSPS) is 22.2. The van der Waals surface area contributed by atoms with Crippen molar-refractivity contribution in [3.05, 3.63) is 65.7 Å². The number of ether oxygens (including phenoxy) is 3. The minimum atomic E-state index is -1.31. The van der Waals surface area contributed by atoms with Crippen LogP contribution in [0.25, 0.3) is 0 Å². The summed E-state index contributed by atoms with van der Waals surface area (Å²) in [6, 6.07) is 17.2. The highest BCUT2D eigenvalue weighted by Crippen LogP contribution is 2.36. The van der Waals surface area contributed by atoms with Gasteiger partial charge in [0.2, 0.25) is 5.72 Å². The van der Waals surface area contributed by atoms with Crippen molar-refractivity contribution in [2.75, 3.05) is 20.3 Å². The van der Waals surface area contributed by atoms with Crippen LogP contribution in [0.4, 0.5) is 0 Å². The molecule has 3 rings (SSSR count). The highest BCUT2D eigenvalue weighted by molar-refractivity contribution is 5.81. The summed E-state index contributed by atoms with van der Waals surface area (Å²) in [4.78, 5) is 12.9. The molecular formula is C21H25NO4. The Labute approximate surface area is 154 Å². The van der Waals surface area contributed by atoms with Crippen molar-refractivity contribution in [2.24, 2.45) is 0 Å². The van der Waals surface area contributed by atoms with Crippen LogP contribution >= 0.6 is 0 Å². The summed E-state index contributed by atoms with van der Waals surface area (Å²) in [5.74, 6) is 0.315. The number of hydrogen-bond donors (Lipinski definition) is 1. The van der Waals surface area contributed by atoms with Gasteiger partial charge in [-0.05, 0) is 24.1 Å². The molecule has 2 unspecified atom stereocenters. The van der Waals surface area contributed by atoms with Gasteiger partial charge in [-0.1, -0.05) is 55.8 Å². The largest absolute Gasteiger partial charge is 0.497 e. The number of benzene rings is 2. The second kappa shape index (κ2) is 8.34. The molecule has 1 N–H and O–H groups in total. The van der Waals surface area contributed by atoms with Crippen molar-refractivity contribution in [2.45, 2.75) is 31.5 Å². The molecule has 2 atom stereocenters. The zero-order valence-electron chi connectivity index (χ0n) is 15.2. The van der Waals surface area contributed by atoms with Gasteiger partial charge in [0.25, 0.3) is 0 Å². The molecule has 5 nitrogen and oxygen atoms in total. The predicted octanol–water partition coefficient (Wildman–Crippen LogP) is 3.55. The average Bonchev–Trinajstić information content (AvgIpc) is 3.15. The number of rotatable bonds is 7. The summed E-state index contributed by atoms with van der Waals surface area (Å²) >= 11 is 0. The predicted molar refractivity (Wildman–Crippen MR) is 98.8 cm³/mol. The fourth-order valence-electron chi connectivity index (χ4n) is 3.04. The Morgan fingerprint density at radius 1 is 1.19 bits per heavy atom. The summed E-state index contributed by atoms with van der Waals surface area (Å²) in [7, 11) is 1.61. The lowest BCUT2D eigenvalue weighted by Gasteiger charge is -2.27. The first-order valence-electron chi connectivity index (χ1n) is 8.98. The third kappa shape index (κ3) is 3.74. The molecule has 0 aliphatic carbocycles. The summed E-state index contributed by atoms with van der Waals surface area (Å²) in [6.45, 7) is 2.83. The van der Waals surface area contributed by atoms with Gasteiger partial charge in [-0.25, -0.2) is 4.79 Å². The van der Waals surface area contributed by atoms with E-state index in [2.05, 4.69) is 12.2 Å². The Kier molecular flexibility index (Phi) is 5.91. The van der Waals surface area contributed by atoms with Crippen LogP contribution < -0.4 is 10.1 Å². The maximum absolute atomic E-state index is 12.9. The molecule has 1 heterocycles. The highest BCUT2D eigenvalue weighted by Gasteiger charge is 2.49. The number of methoxy groups -OCH3 is 1. The van der Waals surface area contributed by atoms with E-state index >= 15 is 0 Å². The fraction of sp³-hybridized carbons (Fsp3) is 0.381. The van der Waals surface area contributed by atoms with Crippen LogP contribution in [-0.2, 0) is 20.0 Å². The molecule has 1 aliphatic heterocycles. The number of hydrogen-bond acceptors (Lipinski definition) is 5. The fourth-order valence-corrected chi connectivity index (χ4v) is 3.04. The monoisotopic (exact) mass is 355 g/mol. The minimum absolute atomic E-state index is 0.0861. The zero-order valence-corrected chi connectivity index (χ0v) is 15.2. The molecule has 0 amide bonds. The molecule has 0 radical (unpaired) electrons. The molecule has 2 aromatic rings. The number of carbonyl (C=O) groups excluding carboxylic acids is 1. The van der Waals surface area contributed by atoms with E-state index in [0.717, 1.165) is 24.2 Å². The van der Waals surface area contributed by atoms with Gasteiger partial charge in [0.15, 0.2) is 0 Å². The minimum Gasteiger partial charge on any atom is -0.497 e. The number of carbonyl (C=O) groups is 1. The first kappa shape index (κ1) is 18.4.